The van der Waals surface area contributed by atoms with Crippen LogP contribution in [0, 0.1) is 11.3 Å². The Hall–Kier alpha value is -2.71. The smallest absolute Gasteiger partial charge is 0.265 e. The number of carbonyl (C=O) groups is 1. The lowest BCUT2D eigenvalue weighted by Crippen LogP contribution is -2.39. The Morgan fingerprint density at radius 1 is 1.40 bits per heavy atom. The van der Waals surface area contributed by atoms with Crippen molar-refractivity contribution in [2.24, 2.45) is 0 Å². The van der Waals surface area contributed by atoms with Gasteiger partial charge in [0.15, 0.2) is 18.1 Å². The number of hydrogen-bond acceptors (Lipinski definition) is 4. The number of rotatable bonds is 4. The molecule has 0 saturated carbocycles. The van der Waals surface area contributed by atoms with Gasteiger partial charge in [-0.15, -0.1) is 0 Å². The van der Waals surface area contributed by atoms with Gasteiger partial charge in [-0.1, -0.05) is 29.8 Å². The molecule has 0 unspecified atom stereocenters. The summed E-state index contributed by atoms with van der Waals surface area (Å²) in [6.45, 7) is 1.84. The molecule has 1 heterocycles. The zero-order valence-corrected chi connectivity index (χ0v) is 14.7. The molecule has 2 aromatic rings. The summed E-state index contributed by atoms with van der Waals surface area (Å²) in [7, 11) is 1.46. The molecular weight excluding hydrogens is 340 g/mol. The first-order valence-corrected chi connectivity index (χ1v) is 8.23. The molecule has 3 rings (SSSR count). The summed E-state index contributed by atoms with van der Waals surface area (Å²) >= 11 is 6.16. The second kappa shape index (κ2) is 7.04. The van der Waals surface area contributed by atoms with Crippen LogP contribution >= 0.6 is 11.6 Å². The van der Waals surface area contributed by atoms with Crippen LogP contribution in [0.4, 0.5) is 5.69 Å². The Morgan fingerprint density at radius 2 is 2.16 bits per heavy atom. The number of benzene rings is 2. The summed E-state index contributed by atoms with van der Waals surface area (Å²) in [4.78, 5) is 14.4. The van der Waals surface area contributed by atoms with Gasteiger partial charge in [0.25, 0.3) is 5.91 Å². The third kappa shape index (κ3) is 3.26. The zero-order chi connectivity index (χ0) is 18.0. The first-order valence-electron chi connectivity index (χ1n) is 7.85. The van der Waals surface area contributed by atoms with Gasteiger partial charge in [-0.05, 0) is 31.0 Å². The van der Waals surface area contributed by atoms with E-state index in [2.05, 4.69) is 0 Å². The van der Waals surface area contributed by atoms with Crippen LogP contribution in [0.15, 0.2) is 36.4 Å². The highest BCUT2D eigenvalue weighted by molar-refractivity contribution is 6.32. The molecule has 2 aromatic carbocycles. The Morgan fingerprint density at radius 3 is 2.88 bits per heavy atom. The lowest BCUT2D eigenvalue weighted by atomic mass is 10.1. The number of anilines is 1. The number of para-hydroxylation sites is 1. The summed E-state index contributed by atoms with van der Waals surface area (Å²) in [5.74, 6) is 0.434. The highest BCUT2D eigenvalue weighted by atomic mass is 35.5. The number of ether oxygens (including phenoxy) is 2. The Bertz CT molecular complexity index is 860. The van der Waals surface area contributed by atoms with Crippen LogP contribution in [0.3, 0.4) is 0 Å². The second-order valence-corrected chi connectivity index (χ2v) is 6.24. The molecule has 0 aliphatic carbocycles. The third-order valence-electron chi connectivity index (χ3n) is 4.17. The van der Waals surface area contributed by atoms with E-state index in [4.69, 9.17) is 26.3 Å². The van der Waals surface area contributed by atoms with Gasteiger partial charge in [0.2, 0.25) is 0 Å². The largest absolute Gasteiger partial charge is 0.493 e. The van der Waals surface area contributed by atoms with E-state index in [1.807, 2.05) is 37.3 Å². The number of carbonyl (C=O) groups excluding carboxylic acids is 1. The van der Waals surface area contributed by atoms with E-state index < -0.39 is 0 Å². The van der Waals surface area contributed by atoms with Crippen molar-refractivity contribution in [1.29, 1.82) is 5.26 Å². The van der Waals surface area contributed by atoms with Gasteiger partial charge >= 0.3 is 0 Å². The van der Waals surface area contributed by atoms with E-state index in [1.165, 1.54) is 19.2 Å². The van der Waals surface area contributed by atoms with E-state index in [9.17, 15) is 4.79 Å². The minimum atomic E-state index is -0.166. The summed E-state index contributed by atoms with van der Waals surface area (Å²) in [6, 6.07) is 12.9. The van der Waals surface area contributed by atoms with Crippen LogP contribution in [0.25, 0.3) is 0 Å². The van der Waals surface area contributed by atoms with E-state index >= 15 is 0 Å². The molecule has 0 bridgehead atoms. The van der Waals surface area contributed by atoms with Crippen LogP contribution in [0.2, 0.25) is 5.02 Å². The van der Waals surface area contributed by atoms with Crippen molar-refractivity contribution in [2.75, 3.05) is 18.6 Å². The molecule has 5 nitrogen and oxygen atoms in total. The third-order valence-corrected chi connectivity index (χ3v) is 4.46. The first kappa shape index (κ1) is 17.1. The fourth-order valence-electron chi connectivity index (χ4n) is 3.07. The predicted octanol–water partition coefficient (Wildman–Crippen LogP) is 3.58. The predicted molar refractivity (Wildman–Crippen MR) is 95.3 cm³/mol. The summed E-state index contributed by atoms with van der Waals surface area (Å²) in [5.41, 5.74) is 2.43. The van der Waals surface area contributed by atoms with Crippen molar-refractivity contribution in [1.82, 2.24) is 0 Å². The molecule has 25 heavy (non-hydrogen) atoms. The first-order chi connectivity index (χ1) is 12.0. The Labute approximate surface area is 151 Å². The molecule has 1 atom stereocenters. The highest BCUT2D eigenvalue weighted by Crippen LogP contribution is 2.37. The average molecular weight is 357 g/mol. The number of amides is 1. The van der Waals surface area contributed by atoms with Crippen LogP contribution in [-0.4, -0.2) is 25.7 Å². The molecular formula is C19H17ClN2O3. The van der Waals surface area contributed by atoms with Crippen molar-refractivity contribution in [3.63, 3.8) is 0 Å². The zero-order valence-electron chi connectivity index (χ0n) is 14.0. The second-order valence-electron chi connectivity index (χ2n) is 5.84. The standard InChI is InChI=1S/C19H17ClN2O3/c1-12-7-14-5-3-4-6-16(14)22(12)18(23)11-25-19-15(20)8-13(10-21)9-17(19)24-2/h3-6,8-9,12H,7,11H2,1-2H3/t12-/m0/s1. The summed E-state index contributed by atoms with van der Waals surface area (Å²) in [5, 5.41) is 9.23. The van der Waals surface area contributed by atoms with Gasteiger partial charge < -0.3 is 14.4 Å². The molecule has 0 aromatic heterocycles. The maximum absolute atomic E-state index is 12.7. The molecule has 0 N–H and O–H groups in total. The number of hydrogen-bond donors (Lipinski definition) is 0. The number of methoxy groups -OCH3 is 1. The average Bonchev–Trinajstić information content (AvgIpc) is 2.95. The molecule has 1 aliphatic rings. The molecule has 0 saturated heterocycles. The van der Waals surface area contributed by atoms with Gasteiger partial charge in [-0.25, -0.2) is 0 Å². The molecule has 0 radical (unpaired) electrons. The van der Waals surface area contributed by atoms with Gasteiger partial charge in [0.1, 0.15) is 0 Å². The fourth-order valence-corrected chi connectivity index (χ4v) is 3.34. The molecule has 128 valence electrons. The van der Waals surface area contributed by atoms with Crippen molar-refractivity contribution >= 4 is 23.2 Å². The maximum Gasteiger partial charge on any atom is 0.265 e. The van der Waals surface area contributed by atoms with Crippen molar-refractivity contribution < 1.29 is 14.3 Å². The van der Waals surface area contributed by atoms with E-state index in [0.717, 1.165) is 17.7 Å². The monoisotopic (exact) mass is 356 g/mol. The lowest BCUT2D eigenvalue weighted by Gasteiger charge is -2.23. The number of halogens is 1. The van der Waals surface area contributed by atoms with Crippen molar-refractivity contribution in [3.05, 3.63) is 52.5 Å². The highest BCUT2D eigenvalue weighted by Gasteiger charge is 2.31. The fraction of sp³-hybridized carbons (Fsp3) is 0.263. The molecule has 0 spiro atoms. The molecule has 6 heteroatoms. The molecule has 1 aliphatic heterocycles. The summed E-state index contributed by atoms with van der Waals surface area (Å²) in [6.07, 6.45) is 0.822. The quantitative estimate of drug-likeness (QED) is 0.840. The summed E-state index contributed by atoms with van der Waals surface area (Å²) < 4.78 is 10.9. The number of nitriles is 1. The molecule has 0 fully saturated rings. The van der Waals surface area contributed by atoms with Gasteiger partial charge in [0.05, 0.1) is 23.8 Å². The van der Waals surface area contributed by atoms with Gasteiger partial charge in [0, 0.05) is 17.8 Å². The minimum absolute atomic E-state index is 0.0758. The van der Waals surface area contributed by atoms with E-state index in [-0.39, 0.29) is 29.3 Å². The van der Waals surface area contributed by atoms with Crippen molar-refractivity contribution in [3.8, 4) is 17.6 Å². The van der Waals surface area contributed by atoms with E-state index in [0.29, 0.717) is 11.3 Å². The topological polar surface area (TPSA) is 62.6 Å². The van der Waals surface area contributed by atoms with E-state index in [1.54, 1.807) is 4.90 Å². The minimum Gasteiger partial charge on any atom is -0.493 e. The normalized spacial score (nSPS) is 15.4. The van der Waals surface area contributed by atoms with Crippen LogP contribution < -0.4 is 14.4 Å². The van der Waals surface area contributed by atoms with Gasteiger partial charge in [-0.3, -0.25) is 4.79 Å². The van der Waals surface area contributed by atoms with Crippen LogP contribution in [-0.2, 0) is 11.2 Å². The van der Waals surface area contributed by atoms with Crippen LogP contribution in [0.1, 0.15) is 18.1 Å². The number of fused-ring (bicyclic) bond motifs is 1. The van der Waals surface area contributed by atoms with Gasteiger partial charge in [-0.2, -0.15) is 5.26 Å². The Balaban J connectivity index is 1.79. The van der Waals surface area contributed by atoms with Crippen molar-refractivity contribution in [2.45, 2.75) is 19.4 Å². The maximum atomic E-state index is 12.7. The number of nitrogens with zero attached hydrogens (tertiary/aromatic N) is 2. The molecule has 1 amide bonds. The Kier molecular flexibility index (Phi) is 4.82. The van der Waals surface area contributed by atoms with Crippen LogP contribution in [0.5, 0.6) is 11.5 Å². The SMILES string of the molecule is COc1cc(C#N)cc(Cl)c1OCC(=O)N1c2ccccc2C[C@@H]1C. The lowest BCUT2D eigenvalue weighted by molar-refractivity contribution is -0.120.